The van der Waals surface area contributed by atoms with E-state index in [0.29, 0.717) is 0 Å². The summed E-state index contributed by atoms with van der Waals surface area (Å²) in [6, 6.07) is 0. The van der Waals surface area contributed by atoms with Crippen LogP contribution in [0.5, 0.6) is 5.88 Å². The zero-order valence-corrected chi connectivity index (χ0v) is 9.15. The highest BCUT2D eigenvalue weighted by Gasteiger charge is 2.39. The van der Waals surface area contributed by atoms with Gasteiger partial charge in [0, 0.05) is 6.20 Å². The van der Waals surface area contributed by atoms with Gasteiger partial charge in [0.25, 0.3) is 12.3 Å². The molecule has 1 aromatic heterocycles. The van der Waals surface area contributed by atoms with Crippen LogP contribution in [0.25, 0.3) is 0 Å². The fraction of sp³-hybridized carbons (Fsp3) is 0.250. The summed E-state index contributed by atoms with van der Waals surface area (Å²) in [6.07, 6.45) is -8.76. The molecule has 0 fully saturated rings. The zero-order chi connectivity index (χ0) is 15.7. The van der Waals surface area contributed by atoms with E-state index in [1.807, 2.05) is 0 Å². The van der Waals surface area contributed by atoms with Crippen molar-refractivity contribution in [3.63, 3.8) is 0 Å². The smallest absolute Gasteiger partial charge is 0.381 e. The number of carbonyl (C=O) groups is 1. The molecule has 12 heteroatoms. The Morgan fingerprint density at radius 2 is 2.00 bits per heavy atom. The van der Waals surface area contributed by atoms with Gasteiger partial charge in [-0.25, -0.2) is 13.8 Å². The molecule has 1 aromatic rings. The molecule has 0 unspecified atom stereocenters. The first-order chi connectivity index (χ1) is 9.04. The fourth-order valence-corrected chi connectivity index (χ4v) is 1.27. The third-order valence-corrected chi connectivity index (χ3v) is 1.94. The highest BCUT2D eigenvalue weighted by Crippen LogP contribution is 2.39. The maximum absolute atomic E-state index is 12.7. The molecule has 1 amide bonds. The van der Waals surface area contributed by atoms with Crippen LogP contribution in [0.3, 0.4) is 0 Å². The van der Waals surface area contributed by atoms with Crippen molar-refractivity contribution in [3.05, 3.63) is 27.4 Å². The van der Waals surface area contributed by atoms with Crippen LogP contribution in [-0.2, 0) is 0 Å². The number of nitro groups is 1. The molecule has 0 spiro atoms. The highest BCUT2D eigenvalue weighted by molar-refractivity contribution is 5.95. The summed E-state index contributed by atoms with van der Waals surface area (Å²) in [7, 11) is 0. The van der Waals surface area contributed by atoms with E-state index in [1.54, 1.807) is 0 Å². The predicted molar refractivity (Wildman–Crippen MR) is 51.0 cm³/mol. The molecule has 0 aliphatic heterocycles. The lowest BCUT2D eigenvalue weighted by atomic mass is 10.1. The molecular formula is C8H4F5N3O4. The maximum Gasteiger partial charge on any atom is 0.574 e. The second kappa shape index (κ2) is 5.22. The lowest BCUT2D eigenvalue weighted by Crippen LogP contribution is -2.21. The van der Waals surface area contributed by atoms with E-state index < -0.39 is 46.3 Å². The maximum atomic E-state index is 12.7. The van der Waals surface area contributed by atoms with E-state index in [1.165, 1.54) is 0 Å². The number of aromatic nitrogens is 1. The van der Waals surface area contributed by atoms with Gasteiger partial charge >= 0.3 is 17.9 Å². The van der Waals surface area contributed by atoms with Gasteiger partial charge in [-0.2, -0.15) is 0 Å². The van der Waals surface area contributed by atoms with Gasteiger partial charge in [-0.15, -0.1) is 13.2 Å². The molecule has 20 heavy (non-hydrogen) atoms. The van der Waals surface area contributed by atoms with Crippen LogP contribution in [0.2, 0.25) is 0 Å². The van der Waals surface area contributed by atoms with Gasteiger partial charge < -0.3 is 10.5 Å². The van der Waals surface area contributed by atoms with Crippen LogP contribution in [0.1, 0.15) is 22.3 Å². The predicted octanol–water partition coefficient (Wildman–Crippen LogP) is 1.92. The Morgan fingerprint density at radius 1 is 1.45 bits per heavy atom. The lowest BCUT2D eigenvalue weighted by Gasteiger charge is -2.11. The quantitative estimate of drug-likeness (QED) is 0.519. The first kappa shape index (κ1) is 15.5. The van der Waals surface area contributed by atoms with Crippen LogP contribution in [-0.4, -0.2) is 22.2 Å². The number of hydrogen-bond donors (Lipinski definition) is 1. The SMILES string of the molecule is NC(=O)c1cnc(OC(F)(F)F)c([N+](=O)[O-])c1C(F)F. The number of nitrogens with zero attached hydrogens (tertiary/aromatic N) is 2. The van der Waals surface area contributed by atoms with Crippen LogP contribution in [0, 0.1) is 10.1 Å². The molecule has 0 radical (unpaired) electrons. The number of ether oxygens (including phenoxy) is 1. The Morgan fingerprint density at radius 3 is 2.35 bits per heavy atom. The molecule has 110 valence electrons. The van der Waals surface area contributed by atoms with E-state index in [4.69, 9.17) is 5.73 Å². The van der Waals surface area contributed by atoms with Crippen LogP contribution in [0.15, 0.2) is 6.20 Å². The Bertz CT molecular complexity index is 560. The van der Waals surface area contributed by atoms with Crippen molar-refractivity contribution >= 4 is 11.6 Å². The van der Waals surface area contributed by atoms with E-state index in [-0.39, 0.29) is 6.20 Å². The van der Waals surface area contributed by atoms with E-state index in [9.17, 15) is 36.9 Å². The number of hydrogen-bond acceptors (Lipinski definition) is 5. The number of alkyl halides is 5. The molecule has 2 N–H and O–H groups in total. The largest absolute Gasteiger partial charge is 0.574 e. The molecule has 0 aliphatic rings. The summed E-state index contributed by atoms with van der Waals surface area (Å²) >= 11 is 0. The third-order valence-electron chi connectivity index (χ3n) is 1.94. The van der Waals surface area contributed by atoms with Gasteiger partial charge in [-0.1, -0.05) is 0 Å². The summed E-state index contributed by atoms with van der Waals surface area (Å²) in [5.74, 6) is -3.21. The Hall–Kier alpha value is -2.53. The zero-order valence-electron chi connectivity index (χ0n) is 9.15. The average molecular weight is 301 g/mol. The van der Waals surface area contributed by atoms with Gasteiger partial charge in [0.15, 0.2) is 0 Å². The minimum atomic E-state index is -5.38. The second-order valence-electron chi connectivity index (χ2n) is 3.21. The van der Waals surface area contributed by atoms with Crippen molar-refractivity contribution in [1.29, 1.82) is 0 Å². The van der Waals surface area contributed by atoms with Crippen LogP contribution in [0.4, 0.5) is 27.6 Å². The van der Waals surface area contributed by atoms with Gasteiger partial charge in [0.2, 0.25) is 0 Å². The number of halogens is 5. The molecule has 0 atom stereocenters. The number of carbonyl (C=O) groups excluding carboxylic acids is 1. The molecule has 0 aromatic carbocycles. The molecule has 0 saturated carbocycles. The van der Waals surface area contributed by atoms with Gasteiger partial charge in [0.1, 0.15) is 5.56 Å². The second-order valence-corrected chi connectivity index (χ2v) is 3.21. The van der Waals surface area contributed by atoms with Gasteiger partial charge in [-0.3, -0.25) is 14.9 Å². The number of rotatable bonds is 4. The number of pyridine rings is 1. The first-order valence-corrected chi connectivity index (χ1v) is 4.55. The topological polar surface area (TPSA) is 108 Å². The first-order valence-electron chi connectivity index (χ1n) is 4.55. The summed E-state index contributed by atoms with van der Waals surface area (Å²) in [5, 5.41) is 10.6. The Labute approximate surface area is 106 Å². The van der Waals surface area contributed by atoms with E-state index in [2.05, 4.69) is 9.72 Å². The van der Waals surface area contributed by atoms with Crippen LogP contribution < -0.4 is 10.5 Å². The summed E-state index contributed by atoms with van der Waals surface area (Å²) in [5.41, 5.74) is 0.276. The molecule has 0 bridgehead atoms. The molecule has 1 rings (SSSR count). The minimum Gasteiger partial charge on any atom is -0.381 e. The number of nitrogens with two attached hydrogens (primary N) is 1. The number of amides is 1. The van der Waals surface area contributed by atoms with Gasteiger partial charge in [-0.05, 0) is 0 Å². The summed E-state index contributed by atoms with van der Waals surface area (Å²) in [6.45, 7) is 0. The van der Waals surface area contributed by atoms with E-state index in [0.717, 1.165) is 0 Å². The van der Waals surface area contributed by atoms with Crippen molar-refractivity contribution in [1.82, 2.24) is 4.98 Å². The van der Waals surface area contributed by atoms with Crippen LogP contribution >= 0.6 is 0 Å². The third kappa shape index (κ3) is 3.27. The summed E-state index contributed by atoms with van der Waals surface area (Å²) in [4.78, 5) is 22.8. The standard InChI is InChI=1S/C8H4F5N3O4/c9-5(10)3-2(6(14)17)1-15-7(4(3)16(18)19)20-8(11,12)13/h1,5H,(H2,14,17). The van der Waals surface area contributed by atoms with E-state index >= 15 is 0 Å². The molecule has 1 heterocycles. The monoisotopic (exact) mass is 301 g/mol. The van der Waals surface area contributed by atoms with Crippen molar-refractivity contribution in [2.75, 3.05) is 0 Å². The Balaban J connectivity index is 3.61. The van der Waals surface area contributed by atoms with Crippen molar-refractivity contribution < 1.29 is 36.4 Å². The van der Waals surface area contributed by atoms with Gasteiger partial charge in [0.05, 0.1) is 10.5 Å². The fourth-order valence-electron chi connectivity index (χ4n) is 1.27. The Kier molecular flexibility index (Phi) is 4.06. The molecule has 7 nitrogen and oxygen atoms in total. The summed E-state index contributed by atoms with van der Waals surface area (Å²) < 4.78 is 64.7. The molecule has 0 saturated heterocycles. The highest BCUT2D eigenvalue weighted by atomic mass is 19.4. The molecular weight excluding hydrogens is 297 g/mol. The van der Waals surface area contributed by atoms with Crippen molar-refractivity contribution in [2.45, 2.75) is 12.8 Å². The normalized spacial score (nSPS) is 11.5. The lowest BCUT2D eigenvalue weighted by molar-refractivity contribution is -0.390. The number of primary amides is 1. The van der Waals surface area contributed by atoms with Crippen molar-refractivity contribution in [2.24, 2.45) is 5.73 Å². The minimum absolute atomic E-state index is 0.248. The average Bonchev–Trinajstić information content (AvgIpc) is 2.24. The van der Waals surface area contributed by atoms with Crippen molar-refractivity contribution in [3.8, 4) is 5.88 Å². The molecule has 0 aliphatic carbocycles.